The van der Waals surface area contributed by atoms with Crippen molar-refractivity contribution in [1.29, 1.82) is 0 Å². The Hall–Kier alpha value is -1.18. The van der Waals surface area contributed by atoms with Crippen LogP contribution in [0.5, 0.6) is 0 Å². The smallest absolute Gasteiger partial charge is 0.309 e. The van der Waals surface area contributed by atoms with E-state index in [1.165, 1.54) is 14.0 Å². The van der Waals surface area contributed by atoms with Gasteiger partial charge in [-0.15, -0.1) is 0 Å². The van der Waals surface area contributed by atoms with Gasteiger partial charge in [-0.2, -0.15) is 0 Å². The molecule has 178 valence electrons. The fourth-order valence-electron chi connectivity index (χ4n) is 10.5. The summed E-state index contributed by atoms with van der Waals surface area (Å²) in [6, 6.07) is 0.105. The average molecular weight is 448 g/mol. The third-order valence-corrected chi connectivity index (χ3v) is 11.3. The molecule has 11 atom stereocenters. The number of aliphatic hydroxyl groups excluding tert-OH is 1. The maximum absolute atomic E-state index is 13.1. The molecule has 7 nitrogen and oxygen atoms in total. The Balaban J connectivity index is 1.63. The maximum atomic E-state index is 13.1. The summed E-state index contributed by atoms with van der Waals surface area (Å²) in [5.41, 5.74) is -2.45. The summed E-state index contributed by atoms with van der Waals surface area (Å²) < 4.78 is 11.0. The van der Waals surface area contributed by atoms with Gasteiger partial charge in [0.15, 0.2) is 0 Å². The fraction of sp³-hybridized carbons (Fsp3) is 0.920. The molecular formula is C25H37NO6. The Kier molecular flexibility index (Phi) is 4.47. The van der Waals surface area contributed by atoms with Crippen LogP contribution in [0, 0.1) is 46.3 Å². The third-order valence-electron chi connectivity index (χ3n) is 11.3. The highest BCUT2D eigenvalue weighted by atomic mass is 16.5. The Bertz CT molecular complexity index is 848. The van der Waals surface area contributed by atoms with Gasteiger partial charge >= 0.3 is 11.9 Å². The predicted molar refractivity (Wildman–Crippen MR) is 114 cm³/mol. The molecule has 4 saturated carbocycles. The van der Waals surface area contributed by atoms with Gasteiger partial charge in [-0.1, -0.05) is 6.92 Å². The number of carbonyl (C=O) groups is 2. The first-order chi connectivity index (χ1) is 15.2. The van der Waals surface area contributed by atoms with Crippen molar-refractivity contribution in [3.05, 3.63) is 0 Å². The first kappa shape index (κ1) is 21.4. The lowest BCUT2D eigenvalue weighted by atomic mass is 9.40. The van der Waals surface area contributed by atoms with Gasteiger partial charge in [0.25, 0.3) is 0 Å². The van der Waals surface area contributed by atoms with E-state index < -0.39 is 22.5 Å². The molecule has 0 aromatic rings. The van der Waals surface area contributed by atoms with E-state index >= 15 is 0 Å². The molecule has 7 heteroatoms. The van der Waals surface area contributed by atoms with Crippen LogP contribution in [-0.4, -0.2) is 71.6 Å². The van der Waals surface area contributed by atoms with E-state index in [2.05, 4.69) is 11.8 Å². The molecule has 4 bridgehead atoms. The highest BCUT2D eigenvalue weighted by Gasteiger charge is 2.85. The molecule has 0 amide bonds. The normalized spacial score (nSPS) is 55.3. The second kappa shape index (κ2) is 6.70. The van der Waals surface area contributed by atoms with Crippen LogP contribution in [-0.2, 0) is 19.1 Å². The third kappa shape index (κ3) is 2.15. The van der Waals surface area contributed by atoms with Crippen LogP contribution in [0.2, 0.25) is 0 Å². The molecular weight excluding hydrogens is 410 g/mol. The quantitative estimate of drug-likeness (QED) is 0.635. The van der Waals surface area contributed by atoms with Gasteiger partial charge in [-0.3, -0.25) is 14.5 Å². The van der Waals surface area contributed by atoms with Crippen molar-refractivity contribution in [1.82, 2.24) is 4.90 Å². The van der Waals surface area contributed by atoms with Crippen molar-refractivity contribution in [3.63, 3.8) is 0 Å². The zero-order valence-corrected chi connectivity index (χ0v) is 19.5. The van der Waals surface area contributed by atoms with Crippen molar-refractivity contribution in [2.45, 2.75) is 70.1 Å². The topological polar surface area (TPSA) is 96.3 Å². The van der Waals surface area contributed by atoms with Gasteiger partial charge in [0.2, 0.25) is 0 Å². The van der Waals surface area contributed by atoms with Gasteiger partial charge in [0, 0.05) is 42.8 Å². The summed E-state index contributed by atoms with van der Waals surface area (Å²) in [4.78, 5) is 27.7. The largest absolute Gasteiger partial charge is 0.469 e. The molecule has 0 aromatic carbocycles. The van der Waals surface area contributed by atoms with Gasteiger partial charge < -0.3 is 19.7 Å². The first-order valence-corrected chi connectivity index (χ1v) is 12.6. The lowest BCUT2D eigenvalue weighted by molar-refractivity contribution is -0.296. The molecule has 0 unspecified atom stereocenters. The summed E-state index contributed by atoms with van der Waals surface area (Å²) in [7, 11) is 1.44. The zero-order valence-electron chi connectivity index (χ0n) is 19.5. The van der Waals surface area contributed by atoms with Crippen LogP contribution in [0.1, 0.15) is 52.4 Å². The van der Waals surface area contributed by atoms with E-state index in [0.29, 0.717) is 18.8 Å². The molecule has 2 saturated heterocycles. The zero-order chi connectivity index (χ0) is 22.6. The number of ether oxygens (including phenoxy) is 2. The molecule has 2 aliphatic heterocycles. The van der Waals surface area contributed by atoms with Gasteiger partial charge in [0.1, 0.15) is 6.61 Å². The van der Waals surface area contributed by atoms with E-state index in [0.717, 1.165) is 38.8 Å². The Morgan fingerprint density at radius 1 is 1.12 bits per heavy atom. The first-order valence-electron chi connectivity index (χ1n) is 12.6. The molecule has 2 N–H and O–H groups in total. The highest BCUT2D eigenvalue weighted by molar-refractivity contribution is 5.74. The fourth-order valence-corrected chi connectivity index (χ4v) is 10.5. The number of hydrogen-bond acceptors (Lipinski definition) is 7. The summed E-state index contributed by atoms with van der Waals surface area (Å²) in [6.45, 7) is 5.67. The lowest BCUT2D eigenvalue weighted by Crippen LogP contribution is -2.78. The standard InChI is InChI=1S/C25H37NO6/c1-13-10-26-11-16-5-4-15-6-7-19-18(22(29)31-3)9-24(25(15,19)30)21(26)17(13)8-20(28)23(16,24)12-32-14(2)27/h13,15-21,28,30H,4-12H2,1-3H3/t13-,15+,16-,17-,18-,19-,20-,21+,23-,24+,25+/m1/s1. The molecule has 2 heterocycles. The van der Waals surface area contributed by atoms with Gasteiger partial charge in [-0.25, -0.2) is 0 Å². The summed E-state index contributed by atoms with van der Waals surface area (Å²) in [5, 5.41) is 24.9. The molecule has 0 radical (unpaired) electrons. The number of carbonyl (C=O) groups excluding carboxylic acids is 2. The SMILES string of the molecule is COC(=O)[C@@H]1C[C@]23[C@@H]4[C@@H]5C[C@@H](O)[C@@]2(COC(C)=O)[C@H](CC[C@H]2CC[C@H]1[C@@]23O)CN4C[C@H]5C. The minimum absolute atomic E-state index is 0.105. The minimum atomic E-state index is -1.05. The van der Waals surface area contributed by atoms with Crippen LogP contribution in [0.25, 0.3) is 0 Å². The number of piperidine rings is 1. The van der Waals surface area contributed by atoms with Crippen LogP contribution in [0.4, 0.5) is 0 Å². The van der Waals surface area contributed by atoms with Crippen molar-refractivity contribution >= 4 is 11.9 Å². The second-order valence-corrected chi connectivity index (χ2v) is 11.9. The number of hydrogen-bond donors (Lipinski definition) is 2. The van der Waals surface area contributed by atoms with Crippen LogP contribution in [0.3, 0.4) is 0 Å². The number of esters is 2. The summed E-state index contributed by atoms with van der Waals surface area (Å²) in [5.74, 6) is -0.161. The van der Waals surface area contributed by atoms with Crippen molar-refractivity contribution < 1.29 is 29.3 Å². The summed E-state index contributed by atoms with van der Waals surface area (Å²) >= 11 is 0. The predicted octanol–water partition coefficient (Wildman–Crippen LogP) is 1.60. The van der Waals surface area contributed by atoms with Crippen molar-refractivity contribution in [2.75, 3.05) is 26.8 Å². The van der Waals surface area contributed by atoms with Crippen molar-refractivity contribution in [3.8, 4) is 0 Å². The van der Waals surface area contributed by atoms with E-state index in [1.54, 1.807) is 0 Å². The molecule has 4 aliphatic carbocycles. The average Bonchev–Trinajstić information content (AvgIpc) is 3.32. The maximum Gasteiger partial charge on any atom is 0.309 e. The molecule has 32 heavy (non-hydrogen) atoms. The monoisotopic (exact) mass is 447 g/mol. The second-order valence-electron chi connectivity index (χ2n) is 11.9. The van der Waals surface area contributed by atoms with Crippen LogP contribution < -0.4 is 0 Å². The van der Waals surface area contributed by atoms with Gasteiger partial charge in [-0.05, 0) is 62.2 Å². The van der Waals surface area contributed by atoms with Crippen molar-refractivity contribution in [2.24, 2.45) is 46.3 Å². The summed E-state index contributed by atoms with van der Waals surface area (Å²) in [6.07, 6.45) is 4.10. The Morgan fingerprint density at radius 2 is 1.84 bits per heavy atom. The van der Waals surface area contributed by atoms with Gasteiger partial charge in [0.05, 0.1) is 24.7 Å². The van der Waals surface area contributed by atoms with E-state index in [-0.39, 0.29) is 54.2 Å². The highest BCUT2D eigenvalue weighted by Crippen LogP contribution is 2.79. The molecule has 6 aliphatic rings. The Morgan fingerprint density at radius 3 is 2.56 bits per heavy atom. The number of methoxy groups -OCH3 is 1. The van der Waals surface area contributed by atoms with E-state index in [4.69, 9.17) is 9.47 Å². The Labute approximate surface area is 189 Å². The minimum Gasteiger partial charge on any atom is -0.469 e. The molecule has 1 spiro atoms. The van der Waals surface area contributed by atoms with E-state index in [9.17, 15) is 19.8 Å². The molecule has 6 fully saturated rings. The number of rotatable bonds is 3. The van der Waals surface area contributed by atoms with Crippen LogP contribution in [0.15, 0.2) is 0 Å². The molecule has 0 aromatic heterocycles. The number of aliphatic hydroxyl groups is 2. The number of nitrogens with zero attached hydrogens (tertiary/aromatic N) is 1. The van der Waals surface area contributed by atoms with E-state index in [1.807, 2.05) is 0 Å². The lowest BCUT2D eigenvalue weighted by Gasteiger charge is -2.70. The molecule has 6 rings (SSSR count). The van der Waals surface area contributed by atoms with Crippen LogP contribution >= 0.6 is 0 Å².